The molecule has 4 heteroatoms. The van der Waals surface area contributed by atoms with Gasteiger partial charge in [0.2, 0.25) is 0 Å². The van der Waals surface area contributed by atoms with Crippen molar-refractivity contribution in [2.75, 3.05) is 17.7 Å². The van der Waals surface area contributed by atoms with Gasteiger partial charge in [0.15, 0.2) is 0 Å². The molecular formula is C15H16N2O2. The molecule has 0 atom stereocenters. The summed E-state index contributed by atoms with van der Waals surface area (Å²) in [6, 6.07) is 14.1. The molecule has 0 bridgehead atoms. The molecule has 0 aliphatic rings. The maximum atomic E-state index is 12.0. The molecule has 0 spiro atoms. The zero-order chi connectivity index (χ0) is 13.7. The number of rotatable bonds is 4. The zero-order valence-electron chi connectivity index (χ0n) is 10.7. The predicted molar refractivity (Wildman–Crippen MR) is 76.4 cm³/mol. The third-order valence-electron chi connectivity index (χ3n) is 2.64. The molecule has 0 fully saturated rings. The summed E-state index contributed by atoms with van der Waals surface area (Å²) in [5.41, 5.74) is 7.49. The van der Waals surface area contributed by atoms with E-state index in [2.05, 4.69) is 5.32 Å². The number of benzene rings is 2. The van der Waals surface area contributed by atoms with Gasteiger partial charge in [-0.25, -0.2) is 0 Å². The lowest BCUT2D eigenvalue weighted by Gasteiger charge is -2.08. The topological polar surface area (TPSA) is 64.3 Å². The Bertz CT molecular complexity index is 565. The van der Waals surface area contributed by atoms with Crippen molar-refractivity contribution in [3.63, 3.8) is 0 Å². The maximum Gasteiger partial charge on any atom is 0.255 e. The first-order valence-corrected chi connectivity index (χ1v) is 6.09. The Hall–Kier alpha value is -2.49. The highest BCUT2D eigenvalue weighted by Gasteiger charge is 2.07. The van der Waals surface area contributed by atoms with E-state index >= 15 is 0 Å². The van der Waals surface area contributed by atoms with Gasteiger partial charge in [-0.05, 0) is 43.3 Å². The molecule has 3 N–H and O–H groups in total. The van der Waals surface area contributed by atoms with E-state index in [1.807, 2.05) is 19.1 Å². The van der Waals surface area contributed by atoms with Crippen LogP contribution in [0.2, 0.25) is 0 Å². The molecule has 0 unspecified atom stereocenters. The number of hydrogen-bond donors (Lipinski definition) is 2. The first kappa shape index (κ1) is 13.0. The van der Waals surface area contributed by atoms with Crippen molar-refractivity contribution in [1.29, 1.82) is 0 Å². The molecule has 0 heterocycles. The number of hydrogen-bond acceptors (Lipinski definition) is 3. The van der Waals surface area contributed by atoms with Crippen molar-refractivity contribution in [2.24, 2.45) is 0 Å². The number of amides is 1. The molecule has 19 heavy (non-hydrogen) atoms. The van der Waals surface area contributed by atoms with Crippen molar-refractivity contribution < 1.29 is 9.53 Å². The van der Waals surface area contributed by atoms with Crippen molar-refractivity contribution in [3.8, 4) is 5.75 Å². The Labute approximate surface area is 112 Å². The average Bonchev–Trinajstić information content (AvgIpc) is 2.42. The lowest BCUT2D eigenvalue weighted by molar-refractivity contribution is 0.102. The summed E-state index contributed by atoms with van der Waals surface area (Å²) in [6.07, 6.45) is 0. The third-order valence-corrected chi connectivity index (χ3v) is 2.64. The van der Waals surface area contributed by atoms with Gasteiger partial charge in [0.05, 0.1) is 18.0 Å². The van der Waals surface area contributed by atoms with Crippen LogP contribution in [-0.2, 0) is 0 Å². The van der Waals surface area contributed by atoms with E-state index in [0.717, 1.165) is 5.75 Å². The minimum absolute atomic E-state index is 0.194. The fourth-order valence-corrected chi connectivity index (χ4v) is 1.67. The summed E-state index contributed by atoms with van der Waals surface area (Å²) in [4.78, 5) is 12.0. The zero-order valence-corrected chi connectivity index (χ0v) is 10.7. The van der Waals surface area contributed by atoms with Crippen LogP contribution in [0.5, 0.6) is 5.75 Å². The smallest absolute Gasteiger partial charge is 0.255 e. The molecule has 2 aromatic carbocycles. The monoisotopic (exact) mass is 256 g/mol. The lowest BCUT2D eigenvalue weighted by atomic mass is 10.2. The normalized spacial score (nSPS) is 9.95. The van der Waals surface area contributed by atoms with Gasteiger partial charge < -0.3 is 15.8 Å². The first-order chi connectivity index (χ1) is 9.20. The van der Waals surface area contributed by atoms with Gasteiger partial charge in [0.1, 0.15) is 5.75 Å². The molecule has 2 rings (SSSR count). The van der Waals surface area contributed by atoms with Gasteiger partial charge in [-0.3, -0.25) is 4.79 Å². The molecule has 2 aromatic rings. The fourth-order valence-electron chi connectivity index (χ4n) is 1.67. The predicted octanol–water partition coefficient (Wildman–Crippen LogP) is 2.92. The Balaban J connectivity index is 2.10. The van der Waals surface area contributed by atoms with Gasteiger partial charge >= 0.3 is 0 Å². The number of nitrogens with two attached hydrogens (primary N) is 1. The van der Waals surface area contributed by atoms with E-state index in [4.69, 9.17) is 10.5 Å². The molecule has 0 aliphatic carbocycles. The third kappa shape index (κ3) is 3.25. The molecule has 1 amide bonds. The highest BCUT2D eigenvalue weighted by atomic mass is 16.5. The summed E-state index contributed by atoms with van der Waals surface area (Å²) < 4.78 is 5.33. The van der Waals surface area contributed by atoms with Gasteiger partial charge in [0, 0.05) is 5.56 Å². The van der Waals surface area contributed by atoms with Crippen LogP contribution in [-0.4, -0.2) is 12.5 Å². The van der Waals surface area contributed by atoms with Crippen molar-refractivity contribution in [2.45, 2.75) is 6.92 Å². The lowest BCUT2D eigenvalue weighted by Crippen LogP contribution is -2.13. The number of nitrogens with one attached hydrogen (secondary N) is 1. The Morgan fingerprint density at radius 3 is 2.47 bits per heavy atom. The largest absolute Gasteiger partial charge is 0.494 e. The Morgan fingerprint density at radius 2 is 1.84 bits per heavy atom. The number of carbonyl (C=O) groups is 1. The minimum atomic E-state index is -0.194. The van der Waals surface area contributed by atoms with Gasteiger partial charge in [-0.15, -0.1) is 0 Å². The molecule has 0 aromatic heterocycles. The van der Waals surface area contributed by atoms with Crippen LogP contribution in [0.1, 0.15) is 17.3 Å². The average molecular weight is 256 g/mol. The molecule has 0 saturated carbocycles. The van der Waals surface area contributed by atoms with Crippen LogP contribution in [0.15, 0.2) is 48.5 Å². The van der Waals surface area contributed by atoms with E-state index < -0.39 is 0 Å². The molecule has 0 aliphatic heterocycles. The number of anilines is 2. The highest BCUT2D eigenvalue weighted by Crippen LogP contribution is 2.18. The number of carbonyl (C=O) groups excluding carboxylic acids is 1. The van der Waals surface area contributed by atoms with Crippen molar-refractivity contribution in [1.82, 2.24) is 0 Å². The van der Waals surface area contributed by atoms with Crippen LogP contribution in [0.4, 0.5) is 11.4 Å². The fraction of sp³-hybridized carbons (Fsp3) is 0.133. The number of ether oxygens (including phenoxy) is 1. The highest BCUT2D eigenvalue weighted by molar-refractivity contribution is 6.05. The van der Waals surface area contributed by atoms with E-state index in [1.165, 1.54) is 0 Å². The second-order valence-electron chi connectivity index (χ2n) is 4.00. The standard InChI is InChI=1S/C15H16N2O2/c1-2-19-12-9-7-11(8-10-12)15(18)17-14-6-4-3-5-13(14)16/h3-10H,2,16H2,1H3,(H,17,18). The minimum Gasteiger partial charge on any atom is -0.494 e. The van der Waals surface area contributed by atoms with Crippen LogP contribution in [0, 0.1) is 0 Å². The van der Waals surface area contributed by atoms with Crippen LogP contribution in [0.3, 0.4) is 0 Å². The Kier molecular flexibility index (Phi) is 4.03. The van der Waals surface area contributed by atoms with Crippen molar-refractivity contribution in [3.05, 3.63) is 54.1 Å². The van der Waals surface area contributed by atoms with Crippen LogP contribution < -0.4 is 15.8 Å². The number of para-hydroxylation sites is 2. The van der Waals surface area contributed by atoms with Crippen molar-refractivity contribution >= 4 is 17.3 Å². The van der Waals surface area contributed by atoms with E-state index in [0.29, 0.717) is 23.5 Å². The van der Waals surface area contributed by atoms with Gasteiger partial charge in [-0.2, -0.15) is 0 Å². The molecule has 0 saturated heterocycles. The summed E-state index contributed by atoms with van der Waals surface area (Å²) in [6.45, 7) is 2.52. The molecular weight excluding hydrogens is 240 g/mol. The van der Waals surface area contributed by atoms with E-state index in [9.17, 15) is 4.79 Å². The SMILES string of the molecule is CCOc1ccc(C(=O)Nc2ccccc2N)cc1. The van der Waals surface area contributed by atoms with E-state index in [1.54, 1.807) is 36.4 Å². The van der Waals surface area contributed by atoms with Crippen LogP contribution in [0.25, 0.3) is 0 Å². The van der Waals surface area contributed by atoms with Crippen LogP contribution >= 0.6 is 0 Å². The molecule has 4 nitrogen and oxygen atoms in total. The summed E-state index contributed by atoms with van der Waals surface area (Å²) in [5.74, 6) is 0.555. The second kappa shape index (κ2) is 5.91. The summed E-state index contributed by atoms with van der Waals surface area (Å²) in [5, 5.41) is 2.77. The summed E-state index contributed by atoms with van der Waals surface area (Å²) >= 11 is 0. The Morgan fingerprint density at radius 1 is 1.16 bits per heavy atom. The quantitative estimate of drug-likeness (QED) is 0.827. The summed E-state index contributed by atoms with van der Waals surface area (Å²) in [7, 11) is 0. The van der Waals surface area contributed by atoms with Gasteiger partial charge in [0.25, 0.3) is 5.91 Å². The first-order valence-electron chi connectivity index (χ1n) is 6.09. The maximum absolute atomic E-state index is 12.0. The number of nitrogen functional groups attached to an aromatic ring is 1. The van der Waals surface area contributed by atoms with E-state index in [-0.39, 0.29) is 5.91 Å². The molecule has 0 radical (unpaired) electrons. The molecule has 98 valence electrons. The second-order valence-corrected chi connectivity index (χ2v) is 4.00. The van der Waals surface area contributed by atoms with Gasteiger partial charge in [-0.1, -0.05) is 12.1 Å².